The first-order valence-electron chi connectivity index (χ1n) is 7.19. The van der Waals surface area contributed by atoms with Crippen molar-refractivity contribution in [3.63, 3.8) is 0 Å². The summed E-state index contributed by atoms with van der Waals surface area (Å²) >= 11 is 3.48. The lowest BCUT2D eigenvalue weighted by molar-refractivity contribution is 0.0520. The van der Waals surface area contributed by atoms with Gasteiger partial charge in [0.1, 0.15) is 0 Å². The van der Waals surface area contributed by atoms with E-state index in [9.17, 15) is 4.79 Å². The fraction of sp³-hybridized carbons (Fsp3) is 0.111. The first-order valence-corrected chi connectivity index (χ1v) is 7.98. The maximum absolute atomic E-state index is 12.2. The molecule has 2 aromatic carbocycles. The third-order valence-corrected chi connectivity index (χ3v) is 3.93. The third kappa shape index (κ3) is 3.19. The van der Waals surface area contributed by atoms with Gasteiger partial charge in [-0.25, -0.2) is 9.78 Å². The van der Waals surface area contributed by atoms with Crippen LogP contribution in [0.15, 0.2) is 63.5 Å². The molecule has 0 amide bonds. The highest BCUT2D eigenvalue weighted by atomic mass is 79.9. The van der Waals surface area contributed by atoms with Gasteiger partial charge in [0, 0.05) is 15.6 Å². The molecule has 1 heterocycles. The molecule has 3 aromatic rings. The molecule has 23 heavy (non-hydrogen) atoms. The zero-order valence-electron chi connectivity index (χ0n) is 12.5. The van der Waals surface area contributed by atoms with E-state index in [0.29, 0.717) is 11.7 Å². The number of aromatic nitrogens is 1. The quantitative estimate of drug-likeness (QED) is 0.609. The maximum Gasteiger partial charge on any atom is 0.361 e. The van der Waals surface area contributed by atoms with Crippen LogP contribution in [0.2, 0.25) is 0 Å². The number of rotatable bonds is 4. The summed E-state index contributed by atoms with van der Waals surface area (Å²) in [5.74, 6) is 0.290. The summed E-state index contributed by atoms with van der Waals surface area (Å²) in [6, 6.07) is 17.0. The van der Waals surface area contributed by atoms with Gasteiger partial charge in [-0.2, -0.15) is 0 Å². The van der Waals surface area contributed by atoms with Crippen LogP contribution in [0.4, 0.5) is 0 Å². The van der Waals surface area contributed by atoms with Crippen LogP contribution in [-0.2, 0) is 4.74 Å². The van der Waals surface area contributed by atoms with Crippen molar-refractivity contribution in [2.24, 2.45) is 0 Å². The number of ether oxygens (including phenoxy) is 1. The van der Waals surface area contributed by atoms with Crippen LogP contribution < -0.4 is 0 Å². The van der Waals surface area contributed by atoms with E-state index in [1.165, 1.54) is 0 Å². The van der Waals surface area contributed by atoms with Crippen LogP contribution in [-0.4, -0.2) is 17.6 Å². The molecule has 1 aromatic heterocycles. The van der Waals surface area contributed by atoms with Crippen molar-refractivity contribution in [2.75, 3.05) is 6.61 Å². The van der Waals surface area contributed by atoms with Crippen molar-refractivity contribution in [1.82, 2.24) is 4.98 Å². The van der Waals surface area contributed by atoms with Crippen LogP contribution >= 0.6 is 15.9 Å². The highest BCUT2D eigenvalue weighted by Crippen LogP contribution is 2.34. The first kappa shape index (κ1) is 15.5. The summed E-state index contributed by atoms with van der Waals surface area (Å²) in [7, 11) is 0. The fourth-order valence-corrected chi connectivity index (χ4v) is 2.65. The number of halogens is 1. The number of carbonyl (C=O) groups is 1. The van der Waals surface area contributed by atoms with Crippen LogP contribution in [0.1, 0.15) is 17.4 Å². The third-order valence-electron chi connectivity index (χ3n) is 3.24. The zero-order chi connectivity index (χ0) is 16.2. The van der Waals surface area contributed by atoms with Gasteiger partial charge in [-0.3, -0.25) is 0 Å². The molecule has 0 radical (unpaired) electrons. The SMILES string of the molecule is CCOC(=O)c1nc(-c2ccccc2)oc1-c1ccccc1Br. The van der Waals surface area contributed by atoms with Gasteiger partial charge in [0.2, 0.25) is 5.89 Å². The van der Waals surface area contributed by atoms with E-state index in [4.69, 9.17) is 9.15 Å². The average molecular weight is 372 g/mol. The van der Waals surface area contributed by atoms with Gasteiger partial charge >= 0.3 is 5.97 Å². The lowest BCUT2D eigenvalue weighted by Gasteiger charge is -2.03. The predicted molar refractivity (Wildman–Crippen MR) is 91.0 cm³/mol. The number of nitrogens with zero attached hydrogens (tertiary/aromatic N) is 1. The molecule has 4 nitrogen and oxygen atoms in total. The Morgan fingerprint density at radius 3 is 2.52 bits per heavy atom. The average Bonchev–Trinajstić information content (AvgIpc) is 3.01. The maximum atomic E-state index is 12.2. The Bertz CT molecular complexity index is 827. The normalized spacial score (nSPS) is 10.5. The summed E-state index contributed by atoms with van der Waals surface area (Å²) in [5.41, 5.74) is 1.74. The molecule has 0 unspecified atom stereocenters. The Labute approximate surface area is 142 Å². The second-order valence-electron chi connectivity index (χ2n) is 4.76. The Balaban J connectivity index is 2.15. The van der Waals surface area contributed by atoms with Gasteiger partial charge in [-0.15, -0.1) is 0 Å². The molecule has 0 bridgehead atoms. The molecule has 0 aliphatic rings. The standard InChI is InChI=1S/C18H14BrNO3/c1-2-22-18(21)15-16(13-10-6-7-11-14(13)19)23-17(20-15)12-8-4-3-5-9-12/h3-11H,2H2,1H3. The minimum Gasteiger partial charge on any atom is -0.461 e. The van der Waals surface area contributed by atoms with E-state index in [2.05, 4.69) is 20.9 Å². The zero-order valence-corrected chi connectivity index (χ0v) is 14.0. The molecule has 0 fully saturated rings. The van der Waals surface area contributed by atoms with Gasteiger partial charge in [0.25, 0.3) is 0 Å². The molecule has 0 spiro atoms. The highest BCUT2D eigenvalue weighted by molar-refractivity contribution is 9.10. The van der Waals surface area contributed by atoms with Crippen molar-refractivity contribution < 1.29 is 13.9 Å². The molecule has 0 aliphatic heterocycles. The summed E-state index contributed by atoms with van der Waals surface area (Å²) in [4.78, 5) is 16.6. The van der Waals surface area contributed by atoms with Gasteiger partial charge < -0.3 is 9.15 Å². The van der Waals surface area contributed by atoms with Gasteiger partial charge in [-0.05, 0) is 25.1 Å². The molecule has 0 saturated heterocycles. The molecule has 3 rings (SSSR count). The molecule has 0 aliphatic carbocycles. The van der Waals surface area contributed by atoms with E-state index in [0.717, 1.165) is 15.6 Å². The number of hydrogen-bond donors (Lipinski definition) is 0. The minimum atomic E-state index is -0.496. The lowest BCUT2D eigenvalue weighted by Crippen LogP contribution is -2.06. The molecule has 0 saturated carbocycles. The van der Waals surface area contributed by atoms with Crippen molar-refractivity contribution >= 4 is 21.9 Å². The van der Waals surface area contributed by atoms with Gasteiger partial charge in [0.05, 0.1) is 6.61 Å². The van der Waals surface area contributed by atoms with E-state index < -0.39 is 5.97 Å². The topological polar surface area (TPSA) is 52.3 Å². The molecule has 5 heteroatoms. The van der Waals surface area contributed by atoms with Crippen molar-refractivity contribution in [2.45, 2.75) is 6.92 Å². The largest absolute Gasteiger partial charge is 0.461 e. The van der Waals surface area contributed by atoms with Crippen LogP contribution in [0, 0.1) is 0 Å². The molecule has 0 N–H and O–H groups in total. The Morgan fingerprint density at radius 1 is 1.13 bits per heavy atom. The van der Waals surface area contributed by atoms with Crippen molar-refractivity contribution in [3.8, 4) is 22.8 Å². The predicted octanol–water partition coefficient (Wildman–Crippen LogP) is 4.95. The Kier molecular flexibility index (Phi) is 4.57. The fourth-order valence-electron chi connectivity index (χ4n) is 2.19. The first-order chi connectivity index (χ1) is 11.2. The minimum absolute atomic E-state index is 0.178. The number of benzene rings is 2. The summed E-state index contributed by atoms with van der Waals surface area (Å²) in [6.07, 6.45) is 0. The van der Waals surface area contributed by atoms with Crippen LogP contribution in [0.3, 0.4) is 0 Å². The van der Waals surface area contributed by atoms with E-state index >= 15 is 0 Å². The van der Waals surface area contributed by atoms with E-state index in [1.807, 2.05) is 54.6 Å². The van der Waals surface area contributed by atoms with E-state index in [-0.39, 0.29) is 12.3 Å². The molecular weight excluding hydrogens is 358 g/mol. The van der Waals surface area contributed by atoms with Crippen LogP contribution in [0.25, 0.3) is 22.8 Å². The Morgan fingerprint density at radius 2 is 1.83 bits per heavy atom. The second kappa shape index (κ2) is 6.79. The van der Waals surface area contributed by atoms with Gasteiger partial charge in [0.15, 0.2) is 11.5 Å². The number of hydrogen-bond acceptors (Lipinski definition) is 4. The smallest absolute Gasteiger partial charge is 0.361 e. The highest BCUT2D eigenvalue weighted by Gasteiger charge is 2.24. The molecule has 116 valence electrons. The lowest BCUT2D eigenvalue weighted by atomic mass is 10.1. The number of oxazole rings is 1. The van der Waals surface area contributed by atoms with Gasteiger partial charge in [-0.1, -0.05) is 52.3 Å². The van der Waals surface area contributed by atoms with Crippen molar-refractivity contribution in [3.05, 3.63) is 64.8 Å². The van der Waals surface area contributed by atoms with Crippen molar-refractivity contribution in [1.29, 1.82) is 0 Å². The summed E-state index contributed by atoms with van der Waals surface area (Å²) < 4.78 is 11.8. The molecule has 0 atom stereocenters. The van der Waals surface area contributed by atoms with Crippen LogP contribution in [0.5, 0.6) is 0 Å². The number of carbonyl (C=O) groups excluding carboxylic acids is 1. The molecular formula is C18H14BrNO3. The van der Waals surface area contributed by atoms with E-state index in [1.54, 1.807) is 6.92 Å². The Hall–Kier alpha value is -2.40. The number of esters is 1. The monoisotopic (exact) mass is 371 g/mol. The summed E-state index contributed by atoms with van der Waals surface area (Å²) in [6.45, 7) is 2.04. The summed E-state index contributed by atoms with van der Waals surface area (Å²) in [5, 5.41) is 0. The second-order valence-corrected chi connectivity index (χ2v) is 5.62.